The number of carbonyl (C=O) groups excluding carboxylic acids is 2. The number of esters is 1. The fourth-order valence-electron chi connectivity index (χ4n) is 3.09. The molecular weight excluding hydrogens is 446 g/mol. The van der Waals surface area contributed by atoms with Crippen LogP contribution in [0, 0.1) is 0 Å². The number of anilines is 1. The fraction of sp³-hybridized carbons (Fsp3) is 0.130. The first-order valence-corrected chi connectivity index (χ1v) is 11.7. The lowest BCUT2D eigenvalue weighted by Gasteiger charge is -2.13. The first kappa shape index (κ1) is 21.8. The summed E-state index contributed by atoms with van der Waals surface area (Å²) < 4.78 is 7.13. The van der Waals surface area contributed by atoms with Gasteiger partial charge in [0.1, 0.15) is 4.70 Å². The molecule has 0 unspecified atom stereocenters. The van der Waals surface area contributed by atoms with Crippen LogP contribution in [0.1, 0.15) is 17.3 Å². The molecule has 2 aromatic carbocycles. The summed E-state index contributed by atoms with van der Waals surface area (Å²) >= 11 is 2.49. The maximum absolute atomic E-state index is 13.1. The third-order valence-corrected chi connectivity index (χ3v) is 6.32. The van der Waals surface area contributed by atoms with Crippen molar-refractivity contribution in [3.63, 3.8) is 0 Å². The molecule has 0 aliphatic rings. The monoisotopic (exact) mass is 465 g/mol. The number of thioether (sulfide) groups is 1. The molecule has 1 N–H and O–H groups in total. The van der Waals surface area contributed by atoms with E-state index in [4.69, 9.17) is 4.74 Å². The number of fused-ring (bicyclic) bond motifs is 1. The number of nitrogens with one attached hydrogen (secondary N) is 1. The topological polar surface area (TPSA) is 90.3 Å². The Hall–Kier alpha value is -3.43. The predicted molar refractivity (Wildman–Crippen MR) is 127 cm³/mol. The van der Waals surface area contributed by atoms with Crippen molar-refractivity contribution in [3.05, 3.63) is 82.0 Å². The summed E-state index contributed by atoms with van der Waals surface area (Å²) in [5, 5.41) is 4.99. The SMILES string of the molecule is CCOC(=O)c1ccccc1NC(=O)CSc1nc2ccsc2c(=O)n1-c1ccccc1. The van der Waals surface area contributed by atoms with Crippen LogP contribution in [0.4, 0.5) is 5.69 Å². The number of carbonyl (C=O) groups is 2. The van der Waals surface area contributed by atoms with Crippen LogP contribution in [0.25, 0.3) is 15.9 Å². The minimum Gasteiger partial charge on any atom is -0.462 e. The minimum absolute atomic E-state index is 0.00603. The number of benzene rings is 2. The maximum Gasteiger partial charge on any atom is 0.340 e. The van der Waals surface area contributed by atoms with Gasteiger partial charge in [-0.2, -0.15) is 0 Å². The highest BCUT2D eigenvalue weighted by atomic mass is 32.2. The number of hydrogen-bond donors (Lipinski definition) is 1. The zero-order valence-electron chi connectivity index (χ0n) is 17.1. The molecule has 0 aliphatic carbocycles. The second-order valence-corrected chi connectivity index (χ2v) is 8.47. The van der Waals surface area contributed by atoms with Gasteiger partial charge in [0.2, 0.25) is 5.91 Å². The molecule has 7 nitrogen and oxygen atoms in total. The van der Waals surface area contributed by atoms with Gasteiger partial charge < -0.3 is 10.1 Å². The van der Waals surface area contributed by atoms with Crippen molar-refractivity contribution in [2.45, 2.75) is 12.1 Å². The molecule has 4 aromatic rings. The molecule has 0 saturated heterocycles. The Morgan fingerprint density at radius 1 is 1.09 bits per heavy atom. The zero-order valence-corrected chi connectivity index (χ0v) is 18.7. The standard InChI is InChI=1S/C23H19N3O4S2/c1-2-30-22(29)16-10-6-7-11-17(16)24-19(27)14-32-23-25-18-12-13-31-20(18)21(28)26(23)15-8-4-3-5-9-15/h3-13H,2,14H2,1H3,(H,24,27). The fourth-order valence-corrected chi connectivity index (χ4v) is 4.66. The highest BCUT2D eigenvalue weighted by Crippen LogP contribution is 2.24. The molecule has 4 rings (SSSR count). The lowest BCUT2D eigenvalue weighted by Crippen LogP contribution is -2.22. The van der Waals surface area contributed by atoms with Gasteiger partial charge in [-0.3, -0.25) is 14.2 Å². The van der Waals surface area contributed by atoms with Crippen molar-refractivity contribution in [1.82, 2.24) is 9.55 Å². The molecule has 0 fully saturated rings. The number of ether oxygens (including phenoxy) is 1. The van der Waals surface area contributed by atoms with Crippen molar-refractivity contribution in [2.75, 3.05) is 17.7 Å². The van der Waals surface area contributed by atoms with Crippen LogP contribution < -0.4 is 10.9 Å². The average Bonchev–Trinajstić information content (AvgIpc) is 3.28. The van der Waals surface area contributed by atoms with Crippen molar-refractivity contribution < 1.29 is 14.3 Å². The summed E-state index contributed by atoms with van der Waals surface area (Å²) in [7, 11) is 0. The highest BCUT2D eigenvalue weighted by molar-refractivity contribution is 7.99. The first-order valence-electron chi connectivity index (χ1n) is 9.83. The van der Waals surface area contributed by atoms with E-state index in [-0.39, 0.29) is 29.4 Å². The quantitative estimate of drug-likeness (QED) is 0.248. The second kappa shape index (κ2) is 9.80. The van der Waals surface area contributed by atoms with E-state index in [0.717, 1.165) is 11.8 Å². The van der Waals surface area contributed by atoms with Gasteiger partial charge in [-0.05, 0) is 42.6 Å². The molecule has 0 saturated carbocycles. The van der Waals surface area contributed by atoms with Gasteiger partial charge in [0.05, 0.1) is 34.8 Å². The van der Waals surface area contributed by atoms with Crippen molar-refractivity contribution in [2.24, 2.45) is 0 Å². The molecule has 0 atom stereocenters. The van der Waals surface area contributed by atoms with E-state index in [1.54, 1.807) is 37.3 Å². The summed E-state index contributed by atoms with van der Waals surface area (Å²) in [5.41, 5.74) is 1.76. The van der Waals surface area contributed by atoms with Gasteiger partial charge in [0.15, 0.2) is 5.16 Å². The molecule has 0 spiro atoms. The van der Waals surface area contributed by atoms with Crippen LogP contribution in [-0.4, -0.2) is 33.8 Å². The average molecular weight is 466 g/mol. The molecule has 1 amide bonds. The Morgan fingerprint density at radius 3 is 2.62 bits per heavy atom. The molecule has 0 bridgehead atoms. The van der Waals surface area contributed by atoms with E-state index in [0.29, 0.717) is 26.7 Å². The van der Waals surface area contributed by atoms with Gasteiger partial charge in [0, 0.05) is 0 Å². The van der Waals surface area contributed by atoms with E-state index in [1.807, 2.05) is 35.7 Å². The van der Waals surface area contributed by atoms with Gasteiger partial charge in [-0.1, -0.05) is 42.1 Å². The maximum atomic E-state index is 13.1. The van der Waals surface area contributed by atoms with E-state index in [9.17, 15) is 14.4 Å². The number of amides is 1. The summed E-state index contributed by atoms with van der Waals surface area (Å²) in [5.74, 6) is -0.823. The van der Waals surface area contributed by atoms with E-state index < -0.39 is 5.97 Å². The third-order valence-electron chi connectivity index (χ3n) is 4.49. The van der Waals surface area contributed by atoms with Gasteiger partial charge in [0.25, 0.3) is 5.56 Å². The van der Waals surface area contributed by atoms with Gasteiger partial charge >= 0.3 is 5.97 Å². The van der Waals surface area contributed by atoms with E-state index in [1.165, 1.54) is 15.9 Å². The normalized spacial score (nSPS) is 10.8. The minimum atomic E-state index is -0.501. The lowest BCUT2D eigenvalue weighted by atomic mass is 10.2. The van der Waals surface area contributed by atoms with Crippen LogP contribution in [0.2, 0.25) is 0 Å². The van der Waals surface area contributed by atoms with Crippen LogP contribution in [0.15, 0.2) is 76.0 Å². The Morgan fingerprint density at radius 2 is 1.84 bits per heavy atom. The summed E-state index contributed by atoms with van der Waals surface area (Å²) in [6.07, 6.45) is 0. The zero-order chi connectivity index (χ0) is 22.5. The Kier molecular flexibility index (Phi) is 6.67. The Labute approximate surface area is 192 Å². The van der Waals surface area contributed by atoms with Crippen LogP contribution in [0.3, 0.4) is 0 Å². The molecule has 9 heteroatoms. The third kappa shape index (κ3) is 4.58. The molecule has 32 heavy (non-hydrogen) atoms. The molecule has 2 heterocycles. The Bertz CT molecular complexity index is 1330. The van der Waals surface area contributed by atoms with Crippen LogP contribution in [-0.2, 0) is 9.53 Å². The number of aromatic nitrogens is 2. The Balaban J connectivity index is 1.58. The first-order chi connectivity index (χ1) is 15.6. The van der Waals surface area contributed by atoms with Crippen LogP contribution >= 0.6 is 23.1 Å². The van der Waals surface area contributed by atoms with Crippen LogP contribution in [0.5, 0.6) is 0 Å². The number of nitrogens with zero attached hydrogens (tertiary/aromatic N) is 2. The molecule has 0 radical (unpaired) electrons. The summed E-state index contributed by atoms with van der Waals surface area (Å²) in [6, 6.07) is 17.7. The molecule has 162 valence electrons. The number of para-hydroxylation sites is 2. The number of thiophene rings is 1. The van der Waals surface area contributed by atoms with E-state index in [2.05, 4.69) is 10.3 Å². The van der Waals surface area contributed by atoms with Crippen molar-refractivity contribution in [3.8, 4) is 5.69 Å². The largest absolute Gasteiger partial charge is 0.462 e. The predicted octanol–water partition coefficient (Wildman–Crippen LogP) is 4.35. The lowest BCUT2D eigenvalue weighted by molar-refractivity contribution is -0.113. The van der Waals surface area contributed by atoms with E-state index >= 15 is 0 Å². The molecular formula is C23H19N3O4S2. The summed E-state index contributed by atoms with van der Waals surface area (Å²) in [6.45, 7) is 1.96. The van der Waals surface area contributed by atoms with Gasteiger partial charge in [-0.25, -0.2) is 9.78 Å². The molecule has 0 aliphatic heterocycles. The van der Waals surface area contributed by atoms with Gasteiger partial charge in [-0.15, -0.1) is 11.3 Å². The smallest absolute Gasteiger partial charge is 0.340 e. The molecule has 2 aromatic heterocycles. The highest BCUT2D eigenvalue weighted by Gasteiger charge is 2.17. The number of hydrogen-bond acceptors (Lipinski definition) is 7. The van der Waals surface area contributed by atoms with Crippen molar-refractivity contribution >= 4 is 50.9 Å². The summed E-state index contributed by atoms with van der Waals surface area (Å²) in [4.78, 5) is 42.5. The number of rotatable bonds is 7. The van der Waals surface area contributed by atoms with Crippen molar-refractivity contribution in [1.29, 1.82) is 0 Å². The second-order valence-electron chi connectivity index (χ2n) is 6.61.